The van der Waals surface area contributed by atoms with Crippen LogP contribution in [0.1, 0.15) is 13.3 Å². The van der Waals surface area contributed by atoms with E-state index in [9.17, 15) is 9.59 Å². The van der Waals surface area contributed by atoms with Gasteiger partial charge in [-0.2, -0.15) is 12.6 Å². The van der Waals surface area contributed by atoms with Gasteiger partial charge in [-0.1, -0.05) is 19.2 Å². The highest BCUT2D eigenvalue weighted by molar-refractivity contribution is 7.80. The molecule has 4 nitrogen and oxygen atoms in total. The second kappa shape index (κ2) is 8.34. The van der Waals surface area contributed by atoms with Crippen molar-refractivity contribution in [2.75, 3.05) is 12.3 Å². The molecule has 0 aliphatic heterocycles. The van der Waals surface area contributed by atoms with Gasteiger partial charge in [-0.3, -0.25) is 9.78 Å². The largest absolute Gasteiger partial charge is 0.356 e. The SMILES string of the molecule is CC(=O)C[C@@H](CS)C(=O)NCC[Si](C)(C)c1cccnc1. The molecule has 1 amide bonds. The number of amides is 1. The van der Waals surface area contributed by atoms with Crippen LogP contribution in [0.4, 0.5) is 0 Å². The number of nitrogens with zero attached hydrogens (tertiary/aromatic N) is 1. The Bertz CT molecular complexity index is 480. The van der Waals surface area contributed by atoms with E-state index >= 15 is 0 Å². The molecule has 0 aliphatic carbocycles. The molecule has 0 radical (unpaired) electrons. The first-order valence-corrected chi connectivity index (χ1v) is 11.0. The summed E-state index contributed by atoms with van der Waals surface area (Å²) in [5, 5.41) is 4.23. The zero-order valence-corrected chi connectivity index (χ0v) is 14.8. The number of carbonyl (C=O) groups excluding carboxylic acids is 2. The summed E-state index contributed by atoms with van der Waals surface area (Å²) in [5.41, 5.74) is 0. The molecule has 0 unspecified atom stereocenters. The van der Waals surface area contributed by atoms with E-state index in [4.69, 9.17) is 0 Å². The highest BCUT2D eigenvalue weighted by atomic mass is 32.1. The smallest absolute Gasteiger partial charge is 0.224 e. The average Bonchev–Trinajstić information content (AvgIpc) is 2.45. The van der Waals surface area contributed by atoms with Gasteiger partial charge in [0.25, 0.3) is 0 Å². The van der Waals surface area contributed by atoms with Crippen LogP contribution in [0, 0.1) is 5.92 Å². The summed E-state index contributed by atoms with van der Waals surface area (Å²) in [6.07, 6.45) is 3.95. The molecule has 1 aromatic heterocycles. The number of nitrogens with one attached hydrogen (secondary N) is 1. The van der Waals surface area contributed by atoms with E-state index in [-0.39, 0.29) is 24.0 Å². The first-order valence-electron chi connectivity index (χ1n) is 7.15. The summed E-state index contributed by atoms with van der Waals surface area (Å²) in [5.74, 6) is 0.0222. The molecule has 1 atom stereocenters. The molecule has 0 aliphatic rings. The Morgan fingerprint density at radius 1 is 1.43 bits per heavy atom. The van der Waals surface area contributed by atoms with Gasteiger partial charge in [-0.05, 0) is 24.2 Å². The molecular weight excluding hydrogens is 300 g/mol. The molecule has 1 rings (SSSR count). The van der Waals surface area contributed by atoms with Crippen LogP contribution in [0.25, 0.3) is 0 Å². The van der Waals surface area contributed by atoms with Crippen LogP contribution in [-0.4, -0.2) is 37.0 Å². The highest BCUT2D eigenvalue weighted by Gasteiger charge is 2.24. The normalized spacial score (nSPS) is 12.8. The highest BCUT2D eigenvalue weighted by Crippen LogP contribution is 2.10. The van der Waals surface area contributed by atoms with Crippen molar-refractivity contribution in [3.63, 3.8) is 0 Å². The molecule has 0 spiro atoms. The maximum Gasteiger partial charge on any atom is 0.224 e. The minimum atomic E-state index is -1.59. The number of thiol groups is 1. The average molecular weight is 325 g/mol. The molecule has 1 N–H and O–H groups in total. The predicted molar refractivity (Wildman–Crippen MR) is 91.8 cm³/mol. The molecule has 0 saturated heterocycles. The van der Waals surface area contributed by atoms with Crippen LogP contribution in [0.5, 0.6) is 0 Å². The van der Waals surface area contributed by atoms with Gasteiger partial charge in [0.1, 0.15) is 5.78 Å². The van der Waals surface area contributed by atoms with Gasteiger partial charge in [0.05, 0.1) is 14.0 Å². The summed E-state index contributed by atoms with van der Waals surface area (Å²) < 4.78 is 0. The molecule has 1 aromatic rings. The Labute approximate surface area is 133 Å². The molecular formula is C15H24N2O2SSi. The topological polar surface area (TPSA) is 59.1 Å². The molecule has 116 valence electrons. The lowest BCUT2D eigenvalue weighted by molar-refractivity contribution is -0.128. The Balaban J connectivity index is 2.48. The van der Waals surface area contributed by atoms with Gasteiger partial charge in [0, 0.05) is 31.1 Å². The Morgan fingerprint density at radius 2 is 2.14 bits per heavy atom. The van der Waals surface area contributed by atoms with Crippen molar-refractivity contribution in [1.29, 1.82) is 0 Å². The maximum atomic E-state index is 12.0. The number of pyridine rings is 1. The number of carbonyl (C=O) groups is 2. The fourth-order valence-electron chi connectivity index (χ4n) is 2.14. The van der Waals surface area contributed by atoms with E-state index in [2.05, 4.69) is 42.1 Å². The van der Waals surface area contributed by atoms with Gasteiger partial charge in [0.15, 0.2) is 0 Å². The second-order valence-electron chi connectivity index (χ2n) is 5.95. The number of hydrogen-bond donors (Lipinski definition) is 2. The Kier molecular flexibility index (Phi) is 7.11. The lowest BCUT2D eigenvalue weighted by atomic mass is 10.0. The molecule has 0 aromatic carbocycles. The molecule has 1 heterocycles. The number of aromatic nitrogens is 1. The Morgan fingerprint density at radius 3 is 2.67 bits per heavy atom. The van der Waals surface area contributed by atoms with E-state index in [1.165, 1.54) is 12.1 Å². The van der Waals surface area contributed by atoms with E-state index in [0.717, 1.165) is 6.04 Å². The van der Waals surface area contributed by atoms with Crippen molar-refractivity contribution in [1.82, 2.24) is 10.3 Å². The molecule has 6 heteroatoms. The van der Waals surface area contributed by atoms with Crippen molar-refractivity contribution in [2.24, 2.45) is 5.92 Å². The van der Waals surface area contributed by atoms with Crippen LogP contribution in [-0.2, 0) is 9.59 Å². The third-order valence-electron chi connectivity index (χ3n) is 3.62. The first-order chi connectivity index (χ1) is 9.86. The zero-order chi connectivity index (χ0) is 15.9. The monoisotopic (exact) mass is 324 g/mol. The number of hydrogen-bond acceptors (Lipinski definition) is 4. The standard InChI is InChI=1S/C15H24N2O2SSi/c1-12(18)9-13(11-20)15(19)17-7-8-21(2,3)14-5-4-6-16-10-14/h4-6,10,13,20H,7-9,11H2,1-3H3,(H,17,19)/t13-/m0/s1. The van der Waals surface area contributed by atoms with Crippen LogP contribution in [0.3, 0.4) is 0 Å². The van der Waals surface area contributed by atoms with Crippen molar-refractivity contribution >= 4 is 37.6 Å². The lowest BCUT2D eigenvalue weighted by Crippen LogP contribution is -2.45. The van der Waals surface area contributed by atoms with Crippen LogP contribution in [0.15, 0.2) is 24.5 Å². The van der Waals surface area contributed by atoms with Gasteiger partial charge in [0.2, 0.25) is 5.91 Å². The van der Waals surface area contributed by atoms with Crippen molar-refractivity contribution in [2.45, 2.75) is 32.5 Å². The summed E-state index contributed by atoms with van der Waals surface area (Å²) in [6.45, 7) is 6.67. The summed E-state index contributed by atoms with van der Waals surface area (Å²) in [6, 6.07) is 5.00. The fraction of sp³-hybridized carbons (Fsp3) is 0.533. The van der Waals surface area contributed by atoms with E-state index in [1.807, 2.05) is 12.3 Å². The predicted octanol–water partition coefficient (Wildman–Crippen LogP) is 1.64. The van der Waals surface area contributed by atoms with E-state index in [0.29, 0.717) is 12.3 Å². The van der Waals surface area contributed by atoms with Crippen LogP contribution < -0.4 is 10.5 Å². The first kappa shape index (κ1) is 17.9. The molecule has 0 bridgehead atoms. The Hall–Kier alpha value is -1.14. The molecule has 21 heavy (non-hydrogen) atoms. The van der Waals surface area contributed by atoms with Crippen molar-refractivity contribution in [3.8, 4) is 0 Å². The summed E-state index contributed by atoms with van der Waals surface area (Å²) in [4.78, 5) is 27.3. The van der Waals surface area contributed by atoms with Gasteiger partial charge < -0.3 is 10.1 Å². The number of rotatable bonds is 8. The van der Waals surface area contributed by atoms with Crippen LogP contribution >= 0.6 is 12.6 Å². The molecule has 0 saturated carbocycles. The number of Topliss-reactive ketones (excluding diaryl/α,β-unsaturated/α-hetero) is 1. The third kappa shape index (κ3) is 6.01. The summed E-state index contributed by atoms with van der Waals surface area (Å²) in [7, 11) is -1.59. The van der Waals surface area contributed by atoms with Crippen molar-refractivity contribution < 1.29 is 9.59 Å². The number of ketones is 1. The van der Waals surface area contributed by atoms with Crippen LogP contribution in [0.2, 0.25) is 19.1 Å². The van der Waals surface area contributed by atoms with Crippen molar-refractivity contribution in [3.05, 3.63) is 24.5 Å². The fourth-order valence-corrected chi connectivity index (χ4v) is 4.44. The zero-order valence-electron chi connectivity index (χ0n) is 12.9. The van der Waals surface area contributed by atoms with Gasteiger partial charge >= 0.3 is 0 Å². The lowest BCUT2D eigenvalue weighted by Gasteiger charge is -2.23. The van der Waals surface area contributed by atoms with E-state index < -0.39 is 8.07 Å². The third-order valence-corrected chi connectivity index (χ3v) is 7.42. The summed E-state index contributed by atoms with van der Waals surface area (Å²) >= 11 is 4.15. The van der Waals surface area contributed by atoms with E-state index in [1.54, 1.807) is 6.20 Å². The minimum Gasteiger partial charge on any atom is -0.356 e. The maximum absolute atomic E-state index is 12.0. The van der Waals surface area contributed by atoms with Gasteiger partial charge in [-0.25, -0.2) is 0 Å². The quantitative estimate of drug-likeness (QED) is 0.564. The van der Waals surface area contributed by atoms with Gasteiger partial charge in [-0.15, -0.1) is 0 Å². The minimum absolute atomic E-state index is 0.0225. The molecule has 0 fully saturated rings. The second-order valence-corrected chi connectivity index (χ2v) is 11.2.